The molecule has 3 saturated carbocycles. The second-order valence-electron chi connectivity index (χ2n) is 11.8. The van der Waals surface area contributed by atoms with Crippen LogP contribution in [0.3, 0.4) is 0 Å². The lowest BCUT2D eigenvalue weighted by atomic mass is 9.67. The molecule has 4 nitrogen and oxygen atoms in total. The summed E-state index contributed by atoms with van der Waals surface area (Å²) in [6.07, 6.45) is 14.8. The maximum Gasteiger partial charge on any atom is 0.232 e. The third-order valence-corrected chi connectivity index (χ3v) is 9.59. The molecular weight excluding hydrogens is 384 g/mol. The van der Waals surface area contributed by atoms with Crippen LogP contribution in [0.5, 0.6) is 0 Å². The summed E-state index contributed by atoms with van der Waals surface area (Å²) in [7, 11) is 3.92. The first-order valence-corrected chi connectivity index (χ1v) is 12.9. The van der Waals surface area contributed by atoms with Crippen molar-refractivity contribution in [1.29, 1.82) is 0 Å². The van der Waals surface area contributed by atoms with Crippen LogP contribution in [0, 0.1) is 28.1 Å². The third-order valence-electron chi connectivity index (χ3n) is 9.59. The van der Waals surface area contributed by atoms with Gasteiger partial charge in [-0.1, -0.05) is 31.9 Å². The van der Waals surface area contributed by atoms with Crippen molar-refractivity contribution in [3.63, 3.8) is 0 Å². The number of carbonyl (C=O) groups excluding carboxylic acids is 2. The average Bonchev–Trinajstić information content (AvgIpc) is 3.32. The van der Waals surface area contributed by atoms with E-state index >= 15 is 0 Å². The molecular formula is C27H44N2O2. The Labute approximate surface area is 189 Å². The van der Waals surface area contributed by atoms with E-state index in [-0.39, 0.29) is 16.7 Å². The summed E-state index contributed by atoms with van der Waals surface area (Å²) in [5.74, 6) is 2.08. The Morgan fingerprint density at radius 1 is 1.03 bits per heavy atom. The second-order valence-corrected chi connectivity index (χ2v) is 11.8. The number of hydrogen-bond acceptors (Lipinski definition) is 2. The van der Waals surface area contributed by atoms with E-state index in [9.17, 15) is 9.59 Å². The molecule has 0 aliphatic heterocycles. The van der Waals surface area contributed by atoms with Crippen molar-refractivity contribution in [2.45, 2.75) is 91.4 Å². The maximum atomic E-state index is 13.4. The Kier molecular flexibility index (Phi) is 6.07. The topological polar surface area (TPSA) is 40.6 Å². The lowest BCUT2D eigenvalue weighted by Crippen LogP contribution is -2.44. The van der Waals surface area contributed by atoms with Crippen LogP contribution >= 0.6 is 0 Å². The molecule has 4 unspecified atom stereocenters. The van der Waals surface area contributed by atoms with Crippen LogP contribution < -0.4 is 0 Å². The first-order chi connectivity index (χ1) is 14.7. The van der Waals surface area contributed by atoms with Crippen LogP contribution in [-0.2, 0) is 9.59 Å². The Hall–Kier alpha value is -1.32. The molecule has 0 aromatic carbocycles. The molecule has 0 spiro atoms. The number of rotatable bonds is 8. The van der Waals surface area contributed by atoms with Gasteiger partial charge < -0.3 is 9.80 Å². The highest BCUT2D eigenvalue weighted by Gasteiger charge is 2.65. The molecule has 0 heterocycles. The van der Waals surface area contributed by atoms with Gasteiger partial charge in [0.2, 0.25) is 11.8 Å². The number of hydrogen-bond donors (Lipinski definition) is 0. The van der Waals surface area contributed by atoms with Crippen molar-refractivity contribution in [3.05, 3.63) is 11.6 Å². The Morgan fingerprint density at radius 3 is 2.35 bits per heavy atom. The second kappa shape index (κ2) is 8.23. The van der Waals surface area contributed by atoms with E-state index in [1.807, 2.05) is 23.9 Å². The van der Waals surface area contributed by atoms with Gasteiger partial charge in [0, 0.05) is 32.6 Å². The molecule has 174 valence electrons. The van der Waals surface area contributed by atoms with Gasteiger partial charge in [-0.05, 0) is 88.4 Å². The van der Waals surface area contributed by atoms with Crippen LogP contribution in [0.4, 0.5) is 0 Å². The van der Waals surface area contributed by atoms with Gasteiger partial charge >= 0.3 is 0 Å². The van der Waals surface area contributed by atoms with Gasteiger partial charge in [0.15, 0.2) is 0 Å². The lowest BCUT2D eigenvalue weighted by molar-refractivity contribution is -0.142. The van der Waals surface area contributed by atoms with Crippen LogP contribution in [0.15, 0.2) is 11.6 Å². The van der Waals surface area contributed by atoms with E-state index in [4.69, 9.17) is 0 Å². The van der Waals surface area contributed by atoms with Gasteiger partial charge in [0.05, 0.1) is 5.41 Å². The smallest absolute Gasteiger partial charge is 0.232 e. The summed E-state index contributed by atoms with van der Waals surface area (Å²) in [5.41, 5.74) is 1.51. The van der Waals surface area contributed by atoms with Crippen LogP contribution in [0.25, 0.3) is 0 Å². The van der Waals surface area contributed by atoms with Gasteiger partial charge in [-0.2, -0.15) is 0 Å². The summed E-state index contributed by atoms with van der Waals surface area (Å²) in [6, 6.07) is 0. The molecule has 0 N–H and O–H groups in total. The summed E-state index contributed by atoms with van der Waals surface area (Å²) in [5, 5.41) is 0. The molecule has 5 atom stereocenters. The largest absolute Gasteiger partial charge is 0.345 e. The minimum Gasteiger partial charge on any atom is -0.345 e. The maximum absolute atomic E-state index is 13.4. The van der Waals surface area contributed by atoms with Crippen LogP contribution in [-0.4, -0.2) is 48.8 Å². The average molecular weight is 429 g/mol. The summed E-state index contributed by atoms with van der Waals surface area (Å²) in [6.45, 7) is 8.09. The Bertz CT molecular complexity index is 756. The summed E-state index contributed by atoms with van der Waals surface area (Å²) >= 11 is 0. The molecule has 4 aliphatic carbocycles. The van der Waals surface area contributed by atoms with E-state index in [2.05, 4.69) is 26.8 Å². The minimum atomic E-state index is -0.333. The molecule has 0 aromatic rings. The molecule has 31 heavy (non-hydrogen) atoms. The van der Waals surface area contributed by atoms with Gasteiger partial charge in [0.25, 0.3) is 0 Å². The highest BCUT2D eigenvalue weighted by Crippen LogP contribution is 2.71. The zero-order valence-electron chi connectivity index (χ0n) is 20.6. The molecule has 3 fully saturated rings. The standard InChI is InChI=1S/C27H44N2O2/c1-6-26-17-22(26)18-27(7-2,19-26)24(31)29(5)13-9-12-28(4)23(30)25(3)15-20-10-8-11-21(14-20)16-25/h15,21-22H,6-14,16-19H2,1-5H3/t21-,22?,25?,26?,27?/m0/s1. The highest BCUT2D eigenvalue weighted by atomic mass is 16.2. The van der Waals surface area contributed by atoms with E-state index in [1.54, 1.807) is 0 Å². The molecule has 0 radical (unpaired) electrons. The van der Waals surface area contributed by atoms with Gasteiger partial charge in [-0.3, -0.25) is 9.59 Å². The van der Waals surface area contributed by atoms with E-state index in [1.165, 1.54) is 44.1 Å². The van der Waals surface area contributed by atoms with E-state index in [0.717, 1.165) is 51.1 Å². The number of nitrogens with zero attached hydrogens (tertiary/aromatic N) is 2. The molecule has 0 saturated heterocycles. The predicted molar refractivity (Wildman–Crippen MR) is 125 cm³/mol. The summed E-state index contributed by atoms with van der Waals surface area (Å²) < 4.78 is 0. The third kappa shape index (κ3) is 4.09. The van der Waals surface area contributed by atoms with Gasteiger partial charge in [0.1, 0.15) is 0 Å². The molecule has 0 aromatic heterocycles. The monoisotopic (exact) mass is 428 g/mol. The van der Waals surface area contributed by atoms with Crippen LogP contribution in [0.1, 0.15) is 91.4 Å². The molecule has 4 aliphatic rings. The van der Waals surface area contributed by atoms with Crippen molar-refractivity contribution < 1.29 is 9.59 Å². The fourth-order valence-electron chi connectivity index (χ4n) is 7.64. The van der Waals surface area contributed by atoms with E-state index in [0.29, 0.717) is 17.2 Å². The normalized spacial score (nSPS) is 38.3. The predicted octanol–water partition coefficient (Wildman–Crippen LogP) is 5.43. The zero-order chi connectivity index (χ0) is 22.4. The lowest BCUT2D eigenvalue weighted by Gasteiger charge is -2.40. The van der Waals surface area contributed by atoms with Crippen molar-refractivity contribution in [3.8, 4) is 0 Å². The van der Waals surface area contributed by atoms with Gasteiger partial charge in [-0.15, -0.1) is 0 Å². The number of allylic oxidation sites excluding steroid dienone is 1. The Balaban J connectivity index is 1.29. The van der Waals surface area contributed by atoms with Crippen molar-refractivity contribution >= 4 is 11.8 Å². The fraction of sp³-hybridized carbons (Fsp3) is 0.852. The molecule has 4 heteroatoms. The van der Waals surface area contributed by atoms with Crippen molar-refractivity contribution in [2.24, 2.45) is 28.1 Å². The first kappa shape index (κ1) is 22.9. The highest BCUT2D eigenvalue weighted by molar-refractivity contribution is 5.85. The molecule has 4 rings (SSSR count). The first-order valence-electron chi connectivity index (χ1n) is 12.9. The molecule has 2 bridgehead atoms. The minimum absolute atomic E-state index is 0.130. The fourth-order valence-corrected chi connectivity index (χ4v) is 7.64. The number of carbonyl (C=O) groups is 2. The SMILES string of the molecule is CCC1(C(=O)N(C)CCCN(C)C(=O)C2(C)C=C3CCC[C@@H](C3)C2)CC2CC2(CC)C1. The van der Waals surface area contributed by atoms with E-state index < -0.39 is 0 Å². The summed E-state index contributed by atoms with van der Waals surface area (Å²) in [4.78, 5) is 30.5. The van der Waals surface area contributed by atoms with Crippen molar-refractivity contribution in [1.82, 2.24) is 9.80 Å². The van der Waals surface area contributed by atoms with Crippen LogP contribution in [0.2, 0.25) is 0 Å². The van der Waals surface area contributed by atoms with Gasteiger partial charge in [-0.25, -0.2) is 0 Å². The number of amides is 2. The number of fused-ring (bicyclic) bond motifs is 3. The van der Waals surface area contributed by atoms with Crippen molar-refractivity contribution in [2.75, 3.05) is 27.2 Å². The zero-order valence-corrected chi connectivity index (χ0v) is 20.6. The quantitative estimate of drug-likeness (QED) is 0.484. The molecule has 2 amide bonds. The Morgan fingerprint density at radius 2 is 1.74 bits per heavy atom.